The largest absolute Gasteiger partial charge is 0.396 e. The fourth-order valence-electron chi connectivity index (χ4n) is 2.49. The van der Waals surface area contributed by atoms with Crippen molar-refractivity contribution in [2.24, 2.45) is 0 Å². The molecule has 1 aromatic rings. The summed E-state index contributed by atoms with van der Waals surface area (Å²) in [6, 6.07) is 5.52. The summed E-state index contributed by atoms with van der Waals surface area (Å²) in [5, 5.41) is 12.5. The lowest BCUT2D eigenvalue weighted by molar-refractivity contribution is 0.141. The van der Waals surface area contributed by atoms with E-state index in [1.165, 1.54) is 0 Å². The van der Waals surface area contributed by atoms with Crippen LogP contribution in [-0.4, -0.2) is 42.8 Å². The van der Waals surface area contributed by atoms with Crippen LogP contribution in [0.5, 0.6) is 0 Å². The topological polar surface area (TPSA) is 35.5 Å². The molecule has 0 amide bonds. The van der Waals surface area contributed by atoms with Gasteiger partial charge in [0.25, 0.3) is 0 Å². The summed E-state index contributed by atoms with van der Waals surface area (Å²) >= 11 is 0. The maximum atomic E-state index is 13.7. The molecule has 1 aliphatic heterocycles. The normalized spacial score (nSPS) is 17.8. The fourth-order valence-corrected chi connectivity index (χ4v) is 2.49. The number of benzene rings is 1. The highest BCUT2D eigenvalue weighted by atomic mass is 35.5. The Bertz CT molecular complexity index is 397. The second-order valence-electron chi connectivity index (χ2n) is 4.82. The van der Waals surface area contributed by atoms with E-state index >= 15 is 0 Å². The third-order valence-electron chi connectivity index (χ3n) is 3.58. The van der Waals surface area contributed by atoms with Gasteiger partial charge in [0.05, 0.1) is 0 Å². The van der Waals surface area contributed by atoms with Crippen LogP contribution in [0.1, 0.15) is 23.6 Å². The molecular formula is C14H22ClFN2O. The van der Waals surface area contributed by atoms with E-state index in [0.717, 1.165) is 31.7 Å². The van der Waals surface area contributed by atoms with E-state index in [-0.39, 0.29) is 30.9 Å². The number of rotatable bonds is 4. The van der Waals surface area contributed by atoms with Crippen molar-refractivity contribution in [3.8, 4) is 0 Å². The highest BCUT2D eigenvalue weighted by Gasteiger charge is 2.22. The Kier molecular flexibility index (Phi) is 6.72. The molecule has 1 aromatic carbocycles. The van der Waals surface area contributed by atoms with Crippen molar-refractivity contribution in [1.29, 1.82) is 0 Å². The molecule has 2 rings (SSSR count). The van der Waals surface area contributed by atoms with Crippen LogP contribution < -0.4 is 5.32 Å². The predicted molar refractivity (Wildman–Crippen MR) is 77.3 cm³/mol. The highest BCUT2D eigenvalue weighted by molar-refractivity contribution is 5.85. The molecule has 0 radical (unpaired) electrons. The number of piperazine rings is 1. The SMILES string of the molecule is Cc1ccc([C@H](CCO)N2CCNCC2)cc1F.Cl. The Hall–Kier alpha value is -0.680. The fraction of sp³-hybridized carbons (Fsp3) is 0.571. The summed E-state index contributed by atoms with van der Waals surface area (Å²) in [5.41, 5.74) is 1.64. The quantitative estimate of drug-likeness (QED) is 0.888. The Morgan fingerprint density at radius 2 is 2.05 bits per heavy atom. The van der Waals surface area contributed by atoms with Crippen LogP contribution in [0.2, 0.25) is 0 Å². The number of hydrogen-bond donors (Lipinski definition) is 2. The van der Waals surface area contributed by atoms with Crippen molar-refractivity contribution in [1.82, 2.24) is 10.2 Å². The van der Waals surface area contributed by atoms with Gasteiger partial charge in [-0.15, -0.1) is 12.4 Å². The number of aliphatic hydroxyl groups excluding tert-OH is 1. The summed E-state index contributed by atoms with van der Waals surface area (Å²) in [7, 11) is 0. The zero-order chi connectivity index (χ0) is 13.0. The third kappa shape index (κ3) is 4.14. The van der Waals surface area contributed by atoms with Gasteiger partial charge in [0.15, 0.2) is 0 Å². The van der Waals surface area contributed by atoms with Gasteiger partial charge in [-0.25, -0.2) is 4.39 Å². The molecule has 0 spiro atoms. The minimum absolute atomic E-state index is 0. The molecule has 1 aliphatic rings. The van der Waals surface area contributed by atoms with Crippen LogP contribution in [0, 0.1) is 12.7 Å². The lowest BCUT2D eigenvalue weighted by Crippen LogP contribution is -2.45. The lowest BCUT2D eigenvalue weighted by Gasteiger charge is -2.35. The smallest absolute Gasteiger partial charge is 0.126 e. The number of aliphatic hydroxyl groups is 1. The predicted octanol–water partition coefficient (Wildman–Crippen LogP) is 1.88. The van der Waals surface area contributed by atoms with Gasteiger partial charge < -0.3 is 10.4 Å². The molecule has 0 bridgehead atoms. The number of aryl methyl sites for hydroxylation is 1. The first-order chi connectivity index (χ1) is 8.72. The van der Waals surface area contributed by atoms with E-state index in [4.69, 9.17) is 0 Å². The van der Waals surface area contributed by atoms with Crippen molar-refractivity contribution in [3.05, 3.63) is 35.1 Å². The van der Waals surface area contributed by atoms with Gasteiger partial charge in [-0.3, -0.25) is 4.90 Å². The summed E-state index contributed by atoms with van der Waals surface area (Å²) < 4.78 is 13.7. The monoisotopic (exact) mass is 288 g/mol. The van der Waals surface area contributed by atoms with Crippen LogP contribution in [0.25, 0.3) is 0 Å². The maximum absolute atomic E-state index is 13.7. The van der Waals surface area contributed by atoms with Gasteiger partial charge in [-0.05, 0) is 30.5 Å². The Morgan fingerprint density at radius 1 is 1.37 bits per heavy atom. The second-order valence-corrected chi connectivity index (χ2v) is 4.82. The number of nitrogens with one attached hydrogen (secondary N) is 1. The van der Waals surface area contributed by atoms with Crippen LogP contribution >= 0.6 is 12.4 Å². The number of nitrogens with zero attached hydrogens (tertiary/aromatic N) is 1. The average Bonchev–Trinajstić information content (AvgIpc) is 2.40. The van der Waals surface area contributed by atoms with E-state index in [1.807, 2.05) is 12.1 Å². The molecule has 0 unspecified atom stereocenters. The van der Waals surface area contributed by atoms with Gasteiger partial charge >= 0.3 is 0 Å². The van der Waals surface area contributed by atoms with Crippen LogP contribution in [-0.2, 0) is 0 Å². The van der Waals surface area contributed by atoms with Gasteiger partial charge in [0, 0.05) is 38.8 Å². The number of halogens is 2. The standard InChI is InChI=1S/C14H21FN2O.ClH/c1-11-2-3-12(10-13(11)15)14(4-9-18)17-7-5-16-6-8-17;/h2-3,10,14,16,18H,4-9H2,1H3;1H/t14-;/m0./s1. The minimum Gasteiger partial charge on any atom is -0.396 e. The van der Waals surface area contributed by atoms with E-state index < -0.39 is 0 Å². The van der Waals surface area contributed by atoms with Gasteiger partial charge in [0.1, 0.15) is 5.82 Å². The second kappa shape index (κ2) is 7.80. The maximum Gasteiger partial charge on any atom is 0.126 e. The Labute approximate surface area is 120 Å². The molecule has 19 heavy (non-hydrogen) atoms. The van der Waals surface area contributed by atoms with Crippen molar-refractivity contribution in [3.63, 3.8) is 0 Å². The molecule has 1 fully saturated rings. The first-order valence-electron chi connectivity index (χ1n) is 6.54. The van der Waals surface area contributed by atoms with Crippen molar-refractivity contribution >= 4 is 12.4 Å². The highest BCUT2D eigenvalue weighted by Crippen LogP contribution is 2.25. The summed E-state index contributed by atoms with van der Waals surface area (Å²) in [5.74, 6) is -0.162. The van der Waals surface area contributed by atoms with Gasteiger partial charge in [-0.1, -0.05) is 12.1 Å². The molecular weight excluding hydrogens is 267 g/mol. The summed E-state index contributed by atoms with van der Waals surface area (Å²) in [6.07, 6.45) is 0.655. The van der Waals surface area contributed by atoms with Crippen LogP contribution in [0.4, 0.5) is 4.39 Å². The van der Waals surface area contributed by atoms with Gasteiger partial charge in [0.2, 0.25) is 0 Å². The number of hydrogen-bond acceptors (Lipinski definition) is 3. The molecule has 2 N–H and O–H groups in total. The van der Waals surface area contributed by atoms with Crippen LogP contribution in [0.3, 0.4) is 0 Å². The molecule has 108 valence electrons. The Balaban J connectivity index is 0.00000180. The first kappa shape index (κ1) is 16.4. The molecule has 3 nitrogen and oxygen atoms in total. The lowest BCUT2D eigenvalue weighted by atomic mass is 10.00. The van der Waals surface area contributed by atoms with Crippen molar-refractivity contribution in [2.75, 3.05) is 32.8 Å². The molecule has 0 saturated carbocycles. The van der Waals surface area contributed by atoms with E-state index in [2.05, 4.69) is 10.2 Å². The zero-order valence-corrected chi connectivity index (χ0v) is 12.0. The summed E-state index contributed by atoms with van der Waals surface area (Å²) in [6.45, 7) is 5.70. The van der Waals surface area contributed by atoms with Gasteiger partial charge in [-0.2, -0.15) is 0 Å². The molecule has 1 saturated heterocycles. The van der Waals surface area contributed by atoms with Crippen LogP contribution in [0.15, 0.2) is 18.2 Å². The molecule has 5 heteroatoms. The molecule has 1 atom stereocenters. The summed E-state index contributed by atoms with van der Waals surface area (Å²) in [4.78, 5) is 2.32. The van der Waals surface area contributed by atoms with E-state index in [0.29, 0.717) is 12.0 Å². The average molecular weight is 289 g/mol. The minimum atomic E-state index is -0.162. The molecule has 1 heterocycles. The van der Waals surface area contributed by atoms with E-state index in [9.17, 15) is 9.50 Å². The van der Waals surface area contributed by atoms with Crippen molar-refractivity contribution < 1.29 is 9.50 Å². The van der Waals surface area contributed by atoms with Crippen molar-refractivity contribution in [2.45, 2.75) is 19.4 Å². The zero-order valence-electron chi connectivity index (χ0n) is 11.2. The first-order valence-corrected chi connectivity index (χ1v) is 6.54. The Morgan fingerprint density at radius 3 is 2.63 bits per heavy atom. The molecule has 0 aromatic heterocycles. The third-order valence-corrected chi connectivity index (χ3v) is 3.58. The van der Waals surface area contributed by atoms with E-state index in [1.54, 1.807) is 13.0 Å². The molecule has 0 aliphatic carbocycles.